The van der Waals surface area contributed by atoms with Crippen molar-refractivity contribution in [3.63, 3.8) is 0 Å². The molecule has 0 saturated heterocycles. The Balaban J connectivity index is 1.95. The number of benzene rings is 1. The maximum Gasteiger partial charge on any atom is 0.144 e. The first-order valence-electron chi connectivity index (χ1n) is 6.56. The van der Waals surface area contributed by atoms with Crippen LogP contribution in [0.5, 0.6) is 0 Å². The Labute approximate surface area is 121 Å². The van der Waals surface area contributed by atoms with E-state index in [4.69, 9.17) is 4.98 Å². The van der Waals surface area contributed by atoms with Crippen LogP contribution in [0.3, 0.4) is 0 Å². The molecule has 0 amide bonds. The van der Waals surface area contributed by atoms with Gasteiger partial charge in [0.25, 0.3) is 0 Å². The third-order valence-corrected chi connectivity index (χ3v) is 4.11. The van der Waals surface area contributed by atoms with E-state index in [1.807, 2.05) is 13.1 Å². The Morgan fingerprint density at radius 3 is 2.58 bits per heavy atom. The van der Waals surface area contributed by atoms with Gasteiger partial charge in [-0.05, 0) is 34.3 Å². The fourth-order valence-electron chi connectivity index (χ4n) is 2.16. The molecule has 0 atom stereocenters. The van der Waals surface area contributed by atoms with E-state index in [0.29, 0.717) is 5.92 Å². The van der Waals surface area contributed by atoms with Gasteiger partial charge < -0.3 is 5.32 Å². The number of halogens is 1. The van der Waals surface area contributed by atoms with E-state index < -0.39 is 0 Å². The van der Waals surface area contributed by atoms with Crippen LogP contribution in [0.25, 0.3) is 0 Å². The topological polar surface area (TPSA) is 37.8 Å². The van der Waals surface area contributed by atoms with Crippen molar-refractivity contribution in [2.75, 3.05) is 12.4 Å². The molecule has 0 unspecified atom stereocenters. The molecule has 0 aliphatic heterocycles. The second-order valence-electron chi connectivity index (χ2n) is 4.87. The van der Waals surface area contributed by atoms with Gasteiger partial charge in [-0.25, -0.2) is 9.97 Å². The highest BCUT2D eigenvalue weighted by Gasteiger charge is 2.29. The van der Waals surface area contributed by atoms with Crippen molar-refractivity contribution in [3.05, 3.63) is 51.9 Å². The van der Waals surface area contributed by atoms with E-state index in [9.17, 15) is 0 Å². The fourth-order valence-corrected chi connectivity index (χ4v) is 2.86. The normalized spacial score (nSPS) is 14.4. The van der Waals surface area contributed by atoms with Crippen molar-refractivity contribution in [2.24, 2.45) is 0 Å². The summed E-state index contributed by atoms with van der Waals surface area (Å²) in [6.07, 6.45) is 3.26. The van der Waals surface area contributed by atoms with Gasteiger partial charge in [0.05, 0.1) is 10.2 Å². The summed E-state index contributed by atoms with van der Waals surface area (Å²) >= 11 is 3.61. The Hall–Kier alpha value is -1.42. The zero-order chi connectivity index (χ0) is 13.2. The zero-order valence-corrected chi connectivity index (χ0v) is 12.4. The lowest BCUT2D eigenvalue weighted by atomic mass is 10.1. The maximum atomic E-state index is 4.74. The van der Waals surface area contributed by atoms with E-state index in [1.165, 1.54) is 18.4 Å². The van der Waals surface area contributed by atoms with Crippen molar-refractivity contribution >= 4 is 21.7 Å². The molecule has 98 valence electrons. The first-order chi connectivity index (χ1) is 9.28. The predicted molar refractivity (Wildman–Crippen MR) is 80.5 cm³/mol. The molecule has 3 rings (SSSR count). The highest BCUT2D eigenvalue weighted by molar-refractivity contribution is 9.10. The van der Waals surface area contributed by atoms with Gasteiger partial charge in [0.1, 0.15) is 11.6 Å². The summed E-state index contributed by atoms with van der Waals surface area (Å²) in [4.78, 5) is 9.33. The zero-order valence-electron chi connectivity index (χ0n) is 10.9. The van der Waals surface area contributed by atoms with Crippen molar-refractivity contribution in [2.45, 2.75) is 25.2 Å². The second-order valence-corrected chi connectivity index (χ2v) is 5.67. The van der Waals surface area contributed by atoms with Gasteiger partial charge >= 0.3 is 0 Å². The van der Waals surface area contributed by atoms with Crippen molar-refractivity contribution in [1.29, 1.82) is 0 Å². The van der Waals surface area contributed by atoms with Crippen molar-refractivity contribution in [1.82, 2.24) is 9.97 Å². The molecule has 2 aromatic rings. The molecule has 1 N–H and O–H groups in total. The summed E-state index contributed by atoms with van der Waals surface area (Å²) in [7, 11) is 1.90. The van der Waals surface area contributed by atoms with Crippen LogP contribution in [0.2, 0.25) is 0 Å². The number of rotatable bonds is 4. The monoisotopic (exact) mass is 317 g/mol. The predicted octanol–water partition coefficient (Wildman–Crippen LogP) is 3.75. The van der Waals surface area contributed by atoms with Crippen molar-refractivity contribution in [3.8, 4) is 0 Å². The summed E-state index contributed by atoms with van der Waals surface area (Å²) in [5.41, 5.74) is 2.40. The minimum absolute atomic E-state index is 0.610. The number of hydrogen-bond donors (Lipinski definition) is 1. The van der Waals surface area contributed by atoms with Crippen LogP contribution >= 0.6 is 15.9 Å². The smallest absolute Gasteiger partial charge is 0.144 e. The van der Waals surface area contributed by atoms with E-state index in [0.717, 1.165) is 28.2 Å². The Bertz CT molecular complexity index is 579. The standard InChI is InChI=1S/C15H16BrN3/c1-17-15-13(16)14(11-7-8-11)18-12(19-15)9-10-5-3-2-4-6-10/h2-6,11H,7-9H2,1H3,(H,17,18,19). The summed E-state index contributed by atoms with van der Waals surface area (Å²) in [6, 6.07) is 10.4. The van der Waals surface area contributed by atoms with Gasteiger partial charge in [0.2, 0.25) is 0 Å². The van der Waals surface area contributed by atoms with Crippen LogP contribution in [-0.2, 0) is 6.42 Å². The van der Waals surface area contributed by atoms with Crippen LogP contribution in [0, 0.1) is 0 Å². The van der Waals surface area contributed by atoms with Gasteiger partial charge in [-0.2, -0.15) is 0 Å². The summed E-state index contributed by atoms with van der Waals surface area (Å²) < 4.78 is 1.02. The van der Waals surface area contributed by atoms with Crippen molar-refractivity contribution < 1.29 is 0 Å². The lowest BCUT2D eigenvalue weighted by Crippen LogP contribution is -2.05. The number of anilines is 1. The Morgan fingerprint density at radius 2 is 1.95 bits per heavy atom. The minimum atomic E-state index is 0.610. The molecule has 0 spiro atoms. The Kier molecular flexibility index (Phi) is 3.51. The summed E-state index contributed by atoms with van der Waals surface area (Å²) in [5.74, 6) is 2.39. The first-order valence-corrected chi connectivity index (χ1v) is 7.35. The average molecular weight is 318 g/mol. The van der Waals surface area contributed by atoms with Gasteiger partial charge in [-0.3, -0.25) is 0 Å². The van der Waals surface area contributed by atoms with Crippen LogP contribution in [-0.4, -0.2) is 17.0 Å². The fraction of sp³-hybridized carbons (Fsp3) is 0.333. The molecule has 1 heterocycles. The SMILES string of the molecule is CNc1nc(Cc2ccccc2)nc(C2CC2)c1Br. The molecule has 1 aliphatic carbocycles. The summed E-state index contributed by atoms with van der Waals surface area (Å²) in [5, 5.41) is 3.15. The number of nitrogens with one attached hydrogen (secondary N) is 1. The quantitative estimate of drug-likeness (QED) is 0.933. The molecule has 0 radical (unpaired) electrons. The van der Waals surface area contributed by atoms with E-state index in [-0.39, 0.29) is 0 Å². The van der Waals surface area contributed by atoms with E-state index >= 15 is 0 Å². The average Bonchev–Trinajstić information content (AvgIpc) is 3.26. The molecular weight excluding hydrogens is 302 g/mol. The van der Waals surface area contributed by atoms with Crippen LogP contribution < -0.4 is 5.32 Å². The largest absolute Gasteiger partial charge is 0.372 e. The molecule has 0 bridgehead atoms. The Morgan fingerprint density at radius 1 is 1.21 bits per heavy atom. The van der Waals surface area contributed by atoms with Crippen LogP contribution in [0.4, 0.5) is 5.82 Å². The number of hydrogen-bond acceptors (Lipinski definition) is 3. The minimum Gasteiger partial charge on any atom is -0.372 e. The third-order valence-electron chi connectivity index (χ3n) is 3.33. The summed E-state index contributed by atoms with van der Waals surface area (Å²) in [6.45, 7) is 0. The molecule has 1 saturated carbocycles. The molecule has 1 aliphatic rings. The maximum absolute atomic E-state index is 4.74. The first kappa shape index (κ1) is 12.6. The lowest BCUT2D eigenvalue weighted by Gasteiger charge is -2.10. The van der Waals surface area contributed by atoms with E-state index in [2.05, 4.69) is 50.5 Å². The van der Waals surface area contributed by atoms with E-state index in [1.54, 1.807) is 0 Å². The molecule has 1 aromatic heterocycles. The number of aromatic nitrogens is 2. The van der Waals surface area contributed by atoms with Gasteiger partial charge in [0, 0.05) is 19.4 Å². The van der Waals surface area contributed by atoms with Crippen LogP contribution in [0.1, 0.15) is 35.8 Å². The molecule has 3 nitrogen and oxygen atoms in total. The highest BCUT2D eigenvalue weighted by atomic mass is 79.9. The van der Waals surface area contributed by atoms with Gasteiger partial charge in [-0.1, -0.05) is 30.3 Å². The third kappa shape index (κ3) is 2.78. The van der Waals surface area contributed by atoms with Gasteiger partial charge in [-0.15, -0.1) is 0 Å². The van der Waals surface area contributed by atoms with Gasteiger partial charge in [0.15, 0.2) is 0 Å². The molecular formula is C15H16BrN3. The number of nitrogens with zero attached hydrogens (tertiary/aromatic N) is 2. The molecule has 1 aromatic carbocycles. The second kappa shape index (κ2) is 5.29. The highest BCUT2D eigenvalue weighted by Crippen LogP contribution is 2.43. The molecule has 1 fully saturated rings. The molecule has 19 heavy (non-hydrogen) atoms. The lowest BCUT2D eigenvalue weighted by molar-refractivity contribution is 0.892. The molecule has 4 heteroatoms. The van der Waals surface area contributed by atoms with Crippen LogP contribution in [0.15, 0.2) is 34.8 Å².